The van der Waals surface area contributed by atoms with Gasteiger partial charge >= 0.3 is 0 Å². The lowest BCUT2D eigenvalue weighted by molar-refractivity contribution is -0.115. The van der Waals surface area contributed by atoms with E-state index in [2.05, 4.69) is 51.6 Å². The average Bonchev–Trinajstić information content (AvgIpc) is 3.40. The van der Waals surface area contributed by atoms with Crippen LogP contribution in [0.3, 0.4) is 0 Å². The number of benzene rings is 9. The van der Waals surface area contributed by atoms with E-state index in [0.29, 0.717) is 39.6 Å². The molecule has 10 heteroatoms. The fraction of sp³-hybridized carbons (Fsp3) is 0.182. The van der Waals surface area contributed by atoms with E-state index in [1.165, 1.54) is 28.1 Å². The number of carbonyl (C=O) groups is 4. The van der Waals surface area contributed by atoms with Crippen molar-refractivity contribution in [2.75, 3.05) is 24.9 Å². The third-order valence-electron chi connectivity index (χ3n) is 13.6. The second kappa shape index (κ2) is 23.5. The molecule has 0 aromatic heterocycles. The molecule has 9 rings (SSSR count). The molecule has 4 amide bonds. The Bertz CT molecular complexity index is 3590. The van der Waals surface area contributed by atoms with E-state index < -0.39 is 0 Å². The van der Waals surface area contributed by atoms with Gasteiger partial charge in [0.15, 0.2) is 0 Å². The van der Waals surface area contributed by atoms with Gasteiger partial charge in [0.1, 0.15) is 17.1 Å². The first kappa shape index (κ1) is 54.7. The van der Waals surface area contributed by atoms with E-state index in [9.17, 15) is 19.2 Å². The monoisotopic (exact) mass is 1010 g/mol. The zero-order valence-corrected chi connectivity index (χ0v) is 42.8. The molecule has 0 fully saturated rings. The van der Waals surface area contributed by atoms with Crippen LogP contribution in [0.25, 0.3) is 66.1 Å². The second-order valence-corrected chi connectivity index (χ2v) is 18.6. The quantitative estimate of drug-likeness (QED) is 0.0857. The number of hydrogen-bond donors (Lipinski definition) is 4. The number of methoxy groups -OCH3 is 2. The largest absolute Gasteiger partial charge is 0.496 e. The zero-order valence-electron chi connectivity index (χ0n) is 42.8. The van der Waals surface area contributed by atoms with Gasteiger partial charge in [-0.05, 0) is 117 Å². The summed E-state index contributed by atoms with van der Waals surface area (Å²) in [6.07, 6.45) is 0. The zero-order chi connectivity index (χ0) is 52.2. The Morgan fingerprint density at radius 1 is 0.421 bits per heavy atom. The molecule has 0 aliphatic rings. The Morgan fingerprint density at radius 3 is 1.14 bits per heavy atom. The normalized spacial score (nSPS) is 11.6. The number of aryl methyl sites for hydroxylation is 2. The number of fused-ring (bicyclic) bond motifs is 2. The van der Waals surface area contributed by atoms with Gasteiger partial charge in [0.25, 0.3) is 11.8 Å². The van der Waals surface area contributed by atoms with Gasteiger partial charge in [0, 0.05) is 30.5 Å². The molecular formula is C66H66N4O6. The molecule has 76 heavy (non-hydrogen) atoms. The number of anilines is 2. The minimum atomic E-state index is -0.346. The second-order valence-electron chi connectivity index (χ2n) is 18.6. The average molecular weight is 1010 g/mol. The van der Waals surface area contributed by atoms with Crippen molar-refractivity contribution >= 4 is 56.5 Å². The highest BCUT2D eigenvalue weighted by atomic mass is 16.5. The van der Waals surface area contributed by atoms with Crippen molar-refractivity contribution in [3.05, 3.63) is 203 Å². The first-order valence-electron chi connectivity index (χ1n) is 24.6. The van der Waals surface area contributed by atoms with E-state index in [4.69, 9.17) is 9.47 Å². The molecular weight excluding hydrogens is 945 g/mol. The lowest BCUT2D eigenvalue weighted by Gasteiger charge is -2.23. The molecule has 2 atom stereocenters. The summed E-state index contributed by atoms with van der Waals surface area (Å²) in [7, 11) is 3.06. The van der Waals surface area contributed by atoms with Crippen molar-refractivity contribution in [2.45, 2.75) is 68.5 Å². The van der Waals surface area contributed by atoms with Crippen LogP contribution in [-0.4, -0.2) is 37.8 Å². The standard InChI is InChI=1S/C64H58N4O6.2CH4/c1-37-33-47(34-38(2)57(37)63(71)65-39(3)43-19-11-9-12-20-43)49-27-15-23-45-25-17-29-51(58(45)49)53-31-32-54(62(68-42(6)70)61(53)67-41(5)69)52-30-18-26-46-24-16-28-50(59(46)52)48-35-55(73-7)60(56(36-48)74-8)64(72)66-40(4)44-21-13-10-14-22-44;;/h9-36,39-40H,1-8H3,(H,65,71)(H,66,72)(H,67,69)(H,68,70);2*1H4. The Kier molecular flexibility index (Phi) is 16.9. The molecule has 9 aromatic rings. The minimum absolute atomic E-state index is 0. The van der Waals surface area contributed by atoms with E-state index in [0.717, 1.165) is 77.2 Å². The molecule has 4 N–H and O–H groups in total. The third-order valence-corrected chi connectivity index (χ3v) is 13.6. The Balaban J connectivity index is 0.00000420. The Labute approximate surface area is 446 Å². The third kappa shape index (κ3) is 10.9. The van der Waals surface area contributed by atoms with Gasteiger partial charge in [-0.25, -0.2) is 0 Å². The first-order chi connectivity index (χ1) is 35.8. The van der Waals surface area contributed by atoms with Crippen LogP contribution in [0.1, 0.15) is 97.6 Å². The number of carbonyl (C=O) groups excluding carboxylic acids is 4. The van der Waals surface area contributed by atoms with Gasteiger partial charge < -0.3 is 30.7 Å². The van der Waals surface area contributed by atoms with E-state index in [1.54, 1.807) is 0 Å². The molecule has 0 bridgehead atoms. The maximum absolute atomic E-state index is 14.0. The predicted octanol–water partition coefficient (Wildman–Crippen LogP) is 15.5. The number of rotatable bonds is 14. The molecule has 0 heterocycles. The van der Waals surface area contributed by atoms with Gasteiger partial charge in [-0.3, -0.25) is 19.2 Å². The van der Waals surface area contributed by atoms with Gasteiger partial charge in [0.05, 0.1) is 37.7 Å². The van der Waals surface area contributed by atoms with Crippen molar-refractivity contribution in [2.24, 2.45) is 0 Å². The van der Waals surface area contributed by atoms with Crippen LogP contribution in [0.4, 0.5) is 11.4 Å². The van der Waals surface area contributed by atoms with E-state index >= 15 is 0 Å². The number of hydrogen-bond acceptors (Lipinski definition) is 6. The van der Waals surface area contributed by atoms with Crippen LogP contribution in [0.2, 0.25) is 0 Å². The fourth-order valence-corrected chi connectivity index (χ4v) is 10.2. The summed E-state index contributed by atoms with van der Waals surface area (Å²) in [5.74, 6) is -0.475. The van der Waals surface area contributed by atoms with Crippen LogP contribution in [0, 0.1) is 13.8 Å². The number of nitrogens with one attached hydrogen (secondary N) is 4. The van der Waals surface area contributed by atoms with Gasteiger partial charge in [0.2, 0.25) is 11.8 Å². The Morgan fingerprint density at radius 2 is 0.776 bits per heavy atom. The Hall–Kier alpha value is -9.02. The molecule has 10 nitrogen and oxygen atoms in total. The number of ether oxygens (including phenoxy) is 2. The summed E-state index contributed by atoms with van der Waals surface area (Å²) in [4.78, 5) is 54.7. The van der Waals surface area contributed by atoms with Gasteiger partial charge in [-0.2, -0.15) is 0 Å². The molecule has 0 spiro atoms. The minimum Gasteiger partial charge on any atom is -0.496 e. The smallest absolute Gasteiger partial charge is 0.259 e. The molecule has 9 aromatic carbocycles. The van der Waals surface area contributed by atoms with Gasteiger partial charge in [-0.15, -0.1) is 0 Å². The predicted molar refractivity (Wildman–Crippen MR) is 312 cm³/mol. The van der Waals surface area contributed by atoms with Crippen LogP contribution < -0.4 is 30.7 Å². The van der Waals surface area contributed by atoms with Crippen molar-refractivity contribution < 1.29 is 28.7 Å². The van der Waals surface area contributed by atoms with E-state index in [-0.39, 0.29) is 56.1 Å². The summed E-state index contributed by atoms with van der Waals surface area (Å²) in [5, 5.41) is 16.2. The highest BCUT2D eigenvalue weighted by molar-refractivity contribution is 6.17. The molecule has 0 aliphatic carbocycles. The van der Waals surface area contributed by atoms with E-state index in [1.807, 2.05) is 167 Å². The molecule has 0 aliphatic heterocycles. The molecule has 0 saturated heterocycles. The maximum Gasteiger partial charge on any atom is 0.259 e. The SMILES string of the molecule is C.C.COc1cc(-c2cccc3cccc(-c4ccc(-c5cccc6cccc(-c7cc(C)c(C(=O)NC(C)c8ccccc8)c(C)c7)c56)c(NC(C)=O)c4NC(C)=O)c23)cc(OC)c1C(=O)NC(C)c1ccccc1. The molecule has 0 radical (unpaired) electrons. The lowest BCUT2D eigenvalue weighted by atomic mass is 9.86. The van der Waals surface area contributed by atoms with Crippen LogP contribution in [0.5, 0.6) is 11.5 Å². The topological polar surface area (TPSA) is 135 Å². The molecule has 2 unspecified atom stereocenters. The number of amides is 4. The maximum atomic E-state index is 14.0. The summed E-state index contributed by atoms with van der Waals surface area (Å²) >= 11 is 0. The molecule has 386 valence electrons. The van der Waals surface area contributed by atoms with Crippen LogP contribution in [-0.2, 0) is 9.59 Å². The van der Waals surface area contributed by atoms with Crippen molar-refractivity contribution in [1.29, 1.82) is 0 Å². The summed E-state index contributed by atoms with van der Waals surface area (Å²) < 4.78 is 11.9. The summed E-state index contributed by atoms with van der Waals surface area (Å²) in [6.45, 7) is 10.7. The van der Waals surface area contributed by atoms with Crippen LogP contribution >= 0.6 is 0 Å². The highest BCUT2D eigenvalue weighted by Crippen LogP contribution is 2.48. The van der Waals surface area contributed by atoms with Crippen molar-refractivity contribution in [1.82, 2.24) is 10.6 Å². The van der Waals surface area contributed by atoms with Crippen molar-refractivity contribution in [3.8, 4) is 56.0 Å². The van der Waals surface area contributed by atoms with Gasteiger partial charge in [-0.1, -0.05) is 173 Å². The van der Waals surface area contributed by atoms with Crippen molar-refractivity contribution in [3.63, 3.8) is 0 Å². The fourth-order valence-electron chi connectivity index (χ4n) is 10.2. The summed E-state index contributed by atoms with van der Waals surface area (Å²) in [6, 6.07) is 55.1. The lowest BCUT2D eigenvalue weighted by Crippen LogP contribution is -2.28. The van der Waals surface area contributed by atoms with Crippen LogP contribution in [0.15, 0.2) is 170 Å². The first-order valence-corrected chi connectivity index (χ1v) is 24.6. The highest BCUT2D eigenvalue weighted by Gasteiger charge is 2.26. The molecule has 0 saturated carbocycles. The summed E-state index contributed by atoms with van der Waals surface area (Å²) in [5.41, 5.74) is 11.8.